The van der Waals surface area contributed by atoms with E-state index in [1.807, 2.05) is 12.1 Å². The number of rotatable bonds is 7. The Morgan fingerprint density at radius 1 is 1.14 bits per heavy atom. The fraction of sp³-hybridized carbons (Fsp3) is 0.500. The summed E-state index contributed by atoms with van der Waals surface area (Å²) in [6.07, 6.45) is 4.79. The molecule has 2 aromatic rings. The average Bonchev–Trinajstić information content (AvgIpc) is 3.49. The molecule has 0 aliphatic carbocycles. The molecule has 0 saturated carbocycles. The molecule has 150 valence electrons. The standard InChI is InChI=1S/C22H30N4O2/c1-2-5-20(6-3-1)26-12-9-19(16-26)25-22(24-15-18-10-14-27-17-18)23-11-8-21-7-4-13-28-21/h1-7,13,18-19H,8-12,14-17H2,(H2,23,24,25). The molecule has 2 aliphatic rings. The molecule has 6 nitrogen and oxygen atoms in total. The normalized spacial score (nSPS) is 22.6. The summed E-state index contributed by atoms with van der Waals surface area (Å²) in [6, 6.07) is 15.0. The molecule has 2 atom stereocenters. The summed E-state index contributed by atoms with van der Waals surface area (Å²) in [4.78, 5) is 7.28. The second-order valence-corrected chi connectivity index (χ2v) is 7.59. The predicted molar refractivity (Wildman–Crippen MR) is 112 cm³/mol. The van der Waals surface area contributed by atoms with Gasteiger partial charge in [-0.15, -0.1) is 0 Å². The average molecular weight is 383 g/mol. The van der Waals surface area contributed by atoms with Gasteiger partial charge in [0.05, 0.1) is 12.9 Å². The van der Waals surface area contributed by atoms with Crippen molar-refractivity contribution in [3.63, 3.8) is 0 Å². The Balaban J connectivity index is 1.32. The molecule has 0 bridgehead atoms. The molecule has 0 amide bonds. The molecule has 2 N–H and O–H groups in total. The summed E-state index contributed by atoms with van der Waals surface area (Å²) < 4.78 is 10.9. The van der Waals surface area contributed by atoms with E-state index in [2.05, 4.69) is 45.9 Å². The lowest BCUT2D eigenvalue weighted by molar-refractivity contribution is 0.187. The summed E-state index contributed by atoms with van der Waals surface area (Å²) in [5.74, 6) is 2.43. The van der Waals surface area contributed by atoms with Gasteiger partial charge < -0.3 is 24.7 Å². The van der Waals surface area contributed by atoms with Crippen molar-refractivity contribution in [1.82, 2.24) is 10.6 Å². The van der Waals surface area contributed by atoms with E-state index in [1.165, 1.54) is 5.69 Å². The topological polar surface area (TPSA) is 62.0 Å². The summed E-state index contributed by atoms with van der Waals surface area (Å²) >= 11 is 0. The van der Waals surface area contributed by atoms with Crippen LogP contribution in [0.25, 0.3) is 0 Å². The molecule has 0 spiro atoms. The van der Waals surface area contributed by atoms with Gasteiger partial charge in [0.15, 0.2) is 5.96 Å². The third-order valence-corrected chi connectivity index (χ3v) is 5.43. The highest BCUT2D eigenvalue weighted by Gasteiger charge is 2.23. The number of guanidine groups is 1. The number of hydrogen-bond donors (Lipinski definition) is 2. The molecule has 2 fully saturated rings. The van der Waals surface area contributed by atoms with Crippen molar-refractivity contribution in [2.24, 2.45) is 10.9 Å². The van der Waals surface area contributed by atoms with Crippen LogP contribution in [0.15, 0.2) is 58.1 Å². The van der Waals surface area contributed by atoms with Gasteiger partial charge in [0.1, 0.15) is 5.76 Å². The monoisotopic (exact) mass is 382 g/mol. The smallest absolute Gasteiger partial charge is 0.191 e. The maximum atomic E-state index is 5.49. The fourth-order valence-electron chi connectivity index (χ4n) is 3.80. The molecular formula is C22H30N4O2. The number of benzene rings is 1. The van der Waals surface area contributed by atoms with Gasteiger partial charge in [-0.25, -0.2) is 0 Å². The van der Waals surface area contributed by atoms with E-state index in [-0.39, 0.29) is 0 Å². The maximum absolute atomic E-state index is 5.49. The minimum Gasteiger partial charge on any atom is -0.469 e. The van der Waals surface area contributed by atoms with E-state index in [0.717, 1.165) is 70.4 Å². The fourth-order valence-corrected chi connectivity index (χ4v) is 3.80. The number of furan rings is 1. The first-order chi connectivity index (χ1) is 13.9. The molecule has 4 rings (SSSR count). The van der Waals surface area contributed by atoms with Crippen molar-refractivity contribution in [2.45, 2.75) is 25.3 Å². The minimum absolute atomic E-state index is 0.398. The number of aliphatic imine (C=N–C) groups is 1. The zero-order valence-electron chi connectivity index (χ0n) is 16.3. The van der Waals surface area contributed by atoms with Gasteiger partial charge in [0.25, 0.3) is 0 Å². The molecule has 3 heterocycles. The van der Waals surface area contributed by atoms with Crippen LogP contribution in [0.5, 0.6) is 0 Å². The van der Waals surface area contributed by atoms with E-state index in [0.29, 0.717) is 12.0 Å². The summed E-state index contributed by atoms with van der Waals surface area (Å²) in [6.45, 7) is 5.37. The van der Waals surface area contributed by atoms with Crippen molar-refractivity contribution in [3.05, 3.63) is 54.5 Å². The van der Waals surface area contributed by atoms with Crippen molar-refractivity contribution >= 4 is 11.6 Å². The molecule has 1 aromatic carbocycles. The van der Waals surface area contributed by atoms with Gasteiger partial charge in [-0.05, 0) is 37.1 Å². The Bertz CT molecular complexity index is 726. The van der Waals surface area contributed by atoms with Gasteiger partial charge in [-0.3, -0.25) is 4.99 Å². The number of nitrogens with one attached hydrogen (secondary N) is 2. The van der Waals surface area contributed by atoms with Crippen molar-refractivity contribution < 1.29 is 9.15 Å². The largest absolute Gasteiger partial charge is 0.469 e. The number of anilines is 1. The molecule has 0 radical (unpaired) electrons. The Labute approximate surface area is 167 Å². The first-order valence-corrected chi connectivity index (χ1v) is 10.3. The number of nitrogens with zero attached hydrogens (tertiary/aromatic N) is 2. The summed E-state index contributed by atoms with van der Waals surface area (Å²) in [5, 5.41) is 7.13. The lowest BCUT2D eigenvalue weighted by Gasteiger charge is -2.21. The Morgan fingerprint density at radius 3 is 2.86 bits per heavy atom. The van der Waals surface area contributed by atoms with Crippen molar-refractivity contribution in [1.29, 1.82) is 0 Å². The van der Waals surface area contributed by atoms with E-state index in [4.69, 9.17) is 14.1 Å². The predicted octanol–water partition coefficient (Wildman–Crippen LogP) is 2.67. The quantitative estimate of drug-likeness (QED) is 0.569. The number of para-hydroxylation sites is 1. The second-order valence-electron chi connectivity index (χ2n) is 7.59. The summed E-state index contributed by atoms with van der Waals surface area (Å²) in [5.41, 5.74) is 1.29. The Kier molecular flexibility index (Phi) is 6.50. The second kappa shape index (κ2) is 9.64. The molecular weight excluding hydrogens is 352 g/mol. The van der Waals surface area contributed by atoms with Gasteiger partial charge in [0, 0.05) is 56.9 Å². The number of ether oxygens (including phenoxy) is 1. The first-order valence-electron chi connectivity index (χ1n) is 10.3. The van der Waals surface area contributed by atoms with Crippen molar-refractivity contribution in [3.8, 4) is 0 Å². The van der Waals surface area contributed by atoms with Crippen LogP contribution in [0.3, 0.4) is 0 Å². The van der Waals surface area contributed by atoms with Crippen LogP contribution in [0.2, 0.25) is 0 Å². The highest BCUT2D eigenvalue weighted by Crippen LogP contribution is 2.19. The SMILES string of the molecule is c1ccc(N2CCC(NC(=NCC3CCOC3)NCCc3ccco3)C2)cc1. The lowest BCUT2D eigenvalue weighted by Crippen LogP contribution is -2.45. The van der Waals surface area contributed by atoms with Gasteiger partial charge in [-0.2, -0.15) is 0 Å². The van der Waals surface area contributed by atoms with Crippen LogP contribution >= 0.6 is 0 Å². The zero-order valence-corrected chi connectivity index (χ0v) is 16.3. The molecule has 2 aliphatic heterocycles. The Morgan fingerprint density at radius 2 is 2.07 bits per heavy atom. The molecule has 28 heavy (non-hydrogen) atoms. The van der Waals surface area contributed by atoms with Crippen LogP contribution in [-0.2, 0) is 11.2 Å². The van der Waals surface area contributed by atoms with Gasteiger partial charge in [-0.1, -0.05) is 18.2 Å². The Hall–Kier alpha value is -2.47. The first kappa shape index (κ1) is 18.9. The van der Waals surface area contributed by atoms with Crippen LogP contribution < -0.4 is 15.5 Å². The number of hydrogen-bond acceptors (Lipinski definition) is 4. The van der Waals surface area contributed by atoms with E-state index in [1.54, 1.807) is 6.26 Å². The van der Waals surface area contributed by atoms with Crippen molar-refractivity contribution in [2.75, 3.05) is 44.3 Å². The van der Waals surface area contributed by atoms with E-state index < -0.39 is 0 Å². The lowest BCUT2D eigenvalue weighted by atomic mass is 10.1. The zero-order chi connectivity index (χ0) is 19.0. The van der Waals surface area contributed by atoms with E-state index in [9.17, 15) is 0 Å². The molecule has 2 saturated heterocycles. The summed E-state index contributed by atoms with van der Waals surface area (Å²) in [7, 11) is 0. The van der Waals surface area contributed by atoms with Crippen LogP contribution in [-0.4, -0.2) is 51.4 Å². The highest BCUT2D eigenvalue weighted by atomic mass is 16.5. The van der Waals surface area contributed by atoms with Gasteiger partial charge >= 0.3 is 0 Å². The van der Waals surface area contributed by atoms with Crippen LogP contribution in [0.4, 0.5) is 5.69 Å². The molecule has 6 heteroatoms. The van der Waals surface area contributed by atoms with E-state index >= 15 is 0 Å². The maximum Gasteiger partial charge on any atom is 0.191 e. The third kappa shape index (κ3) is 5.29. The van der Waals surface area contributed by atoms with Gasteiger partial charge in [0.2, 0.25) is 0 Å². The molecule has 2 unspecified atom stereocenters. The minimum atomic E-state index is 0.398. The highest BCUT2D eigenvalue weighted by molar-refractivity contribution is 5.80. The third-order valence-electron chi connectivity index (χ3n) is 5.43. The van der Waals surface area contributed by atoms with Crippen LogP contribution in [0.1, 0.15) is 18.6 Å². The molecule has 1 aromatic heterocycles. The van der Waals surface area contributed by atoms with Crippen LogP contribution in [0, 0.1) is 5.92 Å².